The number of benzene rings is 5. The van der Waals surface area contributed by atoms with Crippen LogP contribution in [0.25, 0.3) is 0 Å². The fourth-order valence-electron chi connectivity index (χ4n) is 6.62. The molecular formula is C39H31Cl2N3O3. The van der Waals surface area contributed by atoms with Gasteiger partial charge in [-0.3, -0.25) is 9.80 Å². The molecule has 0 radical (unpaired) electrons. The molecule has 0 spiro atoms. The van der Waals surface area contributed by atoms with Gasteiger partial charge in [0.25, 0.3) is 0 Å². The highest BCUT2D eigenvalue weighted by molar-refractivity contribution is 6.31. The number of para-hydroxylation sites is 1. The molecule has 8 heteroatoms. The second-order valence-corrected chi connectivity index (χ2v) is 12.6. The molecule has 7 rings (SSSR count). The van der Waals surface area contributed by atoms with Gasteiger partial charge in [0.05, 0.1) is 30.0 Å². The minimum Gasteiger partial charge on any atom is -0.497 e. The Morgan fingerprint density at radius 3 is 1.91 bits per heavy atom. The van der Waals surface area contributed by atoms with E-state index >= 15 is 4.79 Å². The van der Waals surface area contributed by atoms with E-state index in [0.29, 0.717) is 27.2 Å². The average molecular weight is 661 g/mol. The number of hydrazone groups is 1. The lowest BCUT2D eigenvalue weighted by Gasteiger charge is -2.37. The third-order valence-electron chi connectivity index (χ3n) is 8.99. The van der Waals surface area contributed by atoms with Gasteiger partial charge in [-0.25, -0.2) is 0 Å². The number of methoxy groups -OCH3 is 1. The first-order valence-electron chi connectivity index (χ1n) is 15.3. The maximum Gasteiger partial charge on any atom is 0.168 e. The zero-order valence-electron chi connectivity index (χ0n) is 25.8. The summed E-state index contributed by atoms with van der Waals surface area (Å²) in [4.78, 5) is 22.0. The number of carbonyl (C=O) groups is 1. The number of hydrogen-bond donors (Lipinski definition) is 0. The molecule has 0 aliphatic carbocycles. The number of oxime groups is 1. The molecule has 0 saturated heterocycles. The van der Waals surface area contributed by atoms with Crippen molar-refractivity contribution in [1.29, 1.82) is 0 Å². The minimum atomic E-state index is -1.18. The van der Waals surface area contributed by atoms with E-state index in [2.05, 4.69) is 5.16 Å². The zero-order valence-corrected chi connectivity index (χ0v) is 27.3. The number of ketones is 1. The van der Waals surface area contributed by atoms with Gasteiger partial charge in [0.1, 0.15) is 17.4 Å². The van der Waals surface area contributed by atoms with Crippen LogP contribution in [-0.2, 0) is 9.63 Å². The lowest BCUT2D eigenvalue weighted by Crippen LogP contribution is -2.47. The van der Waals surface area contributed by atoms with Crippen LogP contribution in [0.15, 0.2) is 144 Å². The van der Waals surface area contributed by atoms with Crippen molar-refractivity contribution in [1.82, 2.24) is 0 Å². The molecule has 5 aromatic carbocycles. The third-order valence-corrected chi connectivity index (χ3v) is 9.49. The predicted octanol–water partition coefficient (Wildman–Crippen LogP) is 9.33. The summed E-state index contributed by atoms with van der Waals surface area (Å²) in [5.41, 5.74) is 4.17. The molecule has 6 nitrogen and oxygen atoms in total. The molecule has 0 bridgehead atoms. The largest absolute Gasteiger partial charge is 0.497 e. The molecule has 2 aliphatic rings. The van der Waals surface area contributed by atoms with Gasteiger partial charge in [-0.2, -0.15) is 5.10 Å². The molecule has 2 heterocycles. The van der Waals surface area contributed by atoms with Crippen LogP contribution in [0.2, 0.25) is 10.0 Å². The van der Waals surface area contributed by atoms with Gasteiger partial charge in [0.2, 0.25) is 0 Å². The van der Waals surface area contributed by atoms with Crippen molar-refractivity contribution >= 4 is 46.1 Å². The summed E-state index contributed by atoms with van der Waals surface area (Å²) in [6.07, 6.45) is -0.690. The third kappa shape index (κ3) is 5.58. The first-order chi connectivity index (χ1) is 22.9. The maximum absolute atomic E-state index is 15.8. The Morgan fingerprint density at radius 1 is 0.745 bits per heavy atom. The summed E-state index contributed by atoms with van der Waals surface area (Å²) < 4.78 is 5.41. The fraction of sp³-hybridized carbons (Fsp3) is 0.154. The Kier molecular flexibility index (Phi) is 8.31. The monoisotopic (exact) mass is 659 g/mol. The minimum absolute atomic E-state index is 0.0782. The van der Waals surface area contributed by atoms with Gasteiger partial charge >= 0.3 is 0 Å². The van der Waals surface area contributed by atoms with Crippen LogP contribution in [-0.4, -0.2) is 24.3 Å². The molecule has 0 fully saturated rings. The van der Waals surface area contributed by atoms with E-state index in [-0.39, 0.29) is 5.78 Å². The van der Waals surface area contributed by atoms with Crippen LogP contribution in [0, 0.1) is 11.3 Å². The van der Waals surface area contributed by atoms with Gasteiger partial charge in [0.15, 0.2) is 11.9 Å². The standard InChI is InChI=1S/C39H31Cl2N3O3/c1-39(38(45)33-34(25-13-19-29(40)20-14-25)43-47-35(33)26-17-23-32(46-2)24-18-26)36(27-15-21-30(41)22-16-27)42-44(31-11-7-4-8-12-31)37(39)28-9-5-3-6-10-28/h3-24,33,35,37H,1-2H3. The molecule has 234 valence electrons. The molecule has 0 saturated carbocycles. The van der Waals surface area contributed by atoms with Crippen molar-refractivity contribution in [3.63, 3.8) is 0 Å². The van der Waals surface area contributed by atoms with Gasteiger partial charge in [-0.15, -0.1) is 0 Å². The summed E-state index contributed by atoms with van der Waals surface area (Å²) >= 11 is 12.6. The summed E-state index contributed by atoms with van der Waals surface area (Å²) in [5.74, 6) is -0.157. The lowest BCUT2D eigenvalue weighted by molar-refractivity contribution is -0.130. The highest BCUT2D eigenvalue weighted by Gasteiger charge is 2.59. The molecule has 2 aliphatic heterocycles. The lowest BCUT2D eigenvalue weighted by atomic mass is 9.65. The predicted molar refractivity (Wildman–Crippen MR) is 188 cm³/mol. The van der Waals surface area contributed by atoms with Gasteiger partial charge in [-0.05, 0) is 72.1 Å². The van der Waals surface area contributed by atoms with E-state index in [4.69, 9.17) is 37.9 Å². The number of hydrogen-bond acceptors (Lipinski definition) is 6. The molecule has 4 unspecified atom stereocenters. The Labute approximate surface area is 283 Å². The number of nitrogens with zero attached hydrogens (tertiary/aromatic N) is 3. The van der Waals surface area contributed by atoms with Crippen LogP contribution in [0.3, 0.4) is 0 Å². The van der Waals surface area contributed by atoms with Gasteiger partial charge < -0.3 is 9.57 Å². The Hall–Kier alpha value is -4.91. The van der Waals surface area contributed by atoms with Crippen LogP contribution < -0.4 is 9.75 Å². The number of halogens is 2. The summed E-state index contributed by atoms with van der Waals surface area (Å²) in [6.45, 7) is 1.99. The Bertz CT molecular complexity index is 1950. The molecule has 0 amide bonds. The Morgan fingerprint density at radius 2 is 1.32 bits per heavy atom. The summed E-state index contributed by atoms with van der Waals surface area (Å²) in [7, 11) is 1.62. The highest BCUT2D eigenvalue weighted by atomic mass is 35.5. The number of rotatable bonds is 8. The van der Waals surface area contributed by atoms with Crippen LogP contribution in [0.4, 0.5) is 5.69 Å². The first-order valence-corrected chi connectivity index (χ1v) is 16.1. The van der Waals surface area contributed by atoms with E-state index < -0.39 is 23.5 Å². The average Bonchev–Trinajstić information content (AvgIpc) is 3.69. The quantitative estimate of drug-likeness (QED) is 0.166. The normalized spacial score (nSPS) is 22.0. The molecule has 0 N–H and O–H groups in total. The van der Waals surface area contributed by atoms with E-state index in [0.717, 1.165) is 27.9 Å². The smallest absolute Gasteiger partial charge is 0.168 e. The van der Waals surface area contributed by atoms with Crippen molar-refractivity contribution in [3.8, 4) is 5.75 Å². The van der Waals surface area contributed by atoms with Crippen molar-refractivity contribution in [2.45, 2.75) is 19.1 Å². The number of Topliss-reactive ketones (excluding diaryl/α,β-unsaturated/α-hetero) is 1. The van der Waals surface area contributed by atoms with Gasteiger partial charge in [0, 0.05) is 15.6 Å². The van der Waals surface area contributed by atoms with Crippen LogP contribution >= 0.6 is 23.2 Å². The van der Waals surface area contributed by atoms with Gasteiger partial charge in [-0.1, -0.05) is 113 Å². The fourth-order valence-corrected chi connectivity index (χ4v) is 6.87. The molecule has 5 aromatic rings. The van der Waals surface area contributed by atoms with E-state index in [1.54, 1.807) is 19.2 Å². The number of anilines is 1. The van der Waals surface area contributed by atoms with E-state index in [9.17, 15) is 0 Å². The molecule has 47 heavy (non-hydrogen) atoms. The summed E-state index contributed by atoms with van der Waals surface area (Å²) in [6, 6.07) is 41.9. The topological polar surface area (TPSA) is 63.5 Å². The molecule has 4 atom stereocenters. The maximum atomic E-state index is 15.8. The van der Waals surface area contributed by atoms with Crippen molar-refractivity contribution in [2.24, 2.45) is 21.6 Å². The Balaban J connectivity index is 1.44. The second kappa shape index (κ2) is 12.7. The first kappa shape index (κ1) is 30.7. The van der Waals surface area contributed by atoms with Crippen molar-refractivity contribution < 1.29 is 14.4 Å². The number of carbonyl (C=O) groups excluding carboxylic acids is 1. The second-order valence-electron chi connectivity index (χ2n) is 11.8. The van der Waals surface area contributed by atoms with Crippen LogP contribution in [0.1, 0.15) is 41.3 Å². The molecular weight excluding hydrogens is 629 g/mol. The van der Waals surface area contributed by atoms with E-state index in [1.807, 2.05) is 133 Å². The van der Waals surface area contributed by atoms with Crippen molar-refractivity contribution in [2.75, 3.05) is 12.1 Å². The van der Waals surface area contributed by atoms with Crippen molar-refractivity contribution in [3.05, 3.63) is 166 Å². The van der Waals surface area contributed by atoms with Crippen LogP contribution in [0.5, 0.6) is 5.75 Å². The highest BCUT2D eigenvalue weighted by Crippen LogP contribution is 2.53. The number of ether oxygens (including phenoxy) is 1. The summed E-state index contributed by atoms with van der Waals surface area (Å²) in [5, 5.41) is 13.0. The SMILES string of the molecule is COc1ccc(C2ON=C(c3ccc(Cl)cc3)C2C(=O)C2(C)C(c3ccc(Cl)cc3)=NN(c3ccccc3)C2c2ccccc2)cc1. The molecule has 0 aromatic heterocycles. The zero-order chi connectivity index (χ0) is 32.5. The van der Waals surface area contributed by atoms with E-state index in [1.165, 1.54) is 0 Å².